The van der Waals surface area contributed by atoms with Gasteiger partial charge in [-0.05, 0) is 43.5 Å². The molecule has 1 atom stereocenters. The molecule has 0 bridgehead atoms. The molecule has 0 amide bonds. The first-order chi connectivity index (χ1) is 10.6. The van der Waals surface area contributed by atoms with E-state index in [0.717, 1.165) is 18.8 Å². The number of aliphatic carboxylic acids is 1. The largest absolute Gasteiger partial charge is 0.481 e. The average Bonchev–Trinajstić information content (AvgIpc) is 2.55. The molecule has 22 heavy (non-hydrogen) atoms. The molecule has 1 saturated heterocycles. The van der Waals surface area contributed by atoms with Crippen LogP contribution in [0.1, 0.15) is 26.2 Å². The number of benzene rings is 1. The van der Waals surface area contributed by atoms with Gasteiger partial charge in [-0.15, -0.1) is 6.58 Å². The number of carboxylic acid groups (broad SMARTS) is 1. The summed E-state index contributed by atoms with van der Waals surface area (Å²) in [5.41, 5.74) is 2.31. The van der Waals surface area contributed by atoms with Crippen LogP contribution in [0.5, 0.6) is 0 Å². The van der Waals surface area contributed by atoms with Crippen LogP contribution in [-0.4, -0.2) is 37.3 Å². The Labute approximate surface area is 133 Å². The minimum atomic E-state index is -0.765. The van der Waals surface area contributed by atoms with Crippen molar-refractivity contribution in [3.05, 3.63) is 36.9 Å². The van der Waals surface area contributed by atoms with E-state index in [1.807, 2.05) is 6.08 Å². The molecule has 0 radical (unpaired) electrons. The van der Waals surface area contributed by atoms with Crippen LogP contribution in [0.25, 0.3) is 0 Å². The quantitative estimate of drug-likeness (QED) is 0.784. The number of carboxylic acids is 1. The lowest BCUT2D eigenvalue weighted by Gasteiger charge is -2.30. The number of hydrogen-bond acceptors (Lipinski definition) is 3. The molecule has 0 saturated carbocycles. The van der Waals surface area contributed by atoms with Crippen LogP contribution in [0.2, 0.25) is 0 Å². The second kappa shape index (κ2) is 7.87. The molecule has 120 valence electrons. The van der Waals surface area contributed by atoms with Crippen molar-refractivity contribution in [3.63, 3.8) is 0 Å². The van der Waals surface area contributed by atoms with Crippen molar-refractivity contribution in [1.82, 2.24) is 0 Å². The smallest absolute Gasteiger partial charge is 0.308 e. The van der Waals surface area contributed by atoms with Gasteiger partial charge in [-0.25, -0.2) is 0 Å². The van der Waals surface area contributed by atoms with E-state index in [2.05, 4.69) is 40.6 Å². The molecule has 1 aromatic rings. The summed E-state index contributed by atoms with van der Waals surface area (Å²) in [6, 6.07) is 8.45. The first kappa shape index (κ1) is 16.4. The fourth-order valence-electron chi connectivity index (χ4n) is 2.88. The van der Waals surface area contributed by atoms with E-state index in [0.29, 0.717) is 13.1 Å². The van der Waals surface area contributed by atoms with Crippen molar-refractivity contribution in [2.24, 2.45) is 5.92 Å². The maximum Gasteiger partial charge on any atom is 0.308 e. The minimum absolute atomic E-state index is 0.401. The van der Waals surface area contributed by atoms with E-state index in [9.17, 15) is 4.79 Å². The van der Waals surface area contributed by atoms with E-state index in [1.165, 1.54) is 24.9 Å². The van der Waals surface area contributed by atoms with E-state index in [-0.39, 0.29) is 0 Å². The van der Waals surface area contributed by atoms with Gasteiger partial charge in [0.2, 0.25) is 0 Å². The van der Waals surface area contributed by atoms with Crippen molar-refractivity contribution in [2.45, 2.75) is 26.2 Å². The van der Waals surface area contributed by atoms with Gasteiger partial charge in [0.15, 0.2) is 0 Å². The molecule has 1 heterocycles. The van der Waals surface area contributed by atoms with Crippen molar-refractivity contribution in [1.29, 1.82) is 0 Å². The summed E-state index contributed by atoms with van der Waals surface area (Å²) in [5, 5.41) is 9.10. The van der Waals surface area contributed by atoms with Gasteiger partial charge in [0.25, 0.3) is 0 Å². The third-order valence-electron chi connectivity index (χ3n) is 4.20. The van der Waals surface area contributed by atoms with Crippen molar-refractivity contribution in [2.75, 3.05) is 36.0 Å². The Bertz CT molecular complexity index is 492. The van der Waals surface area contributed by atoms with Crippen LogP contribution in [0.4, 0.5) is 11.4 Å². The molecule has 1 fully saturated rings. The monoisotopic (exact) mass is 302 g/mol. The Balaban J connectivity index is 2.07. The third kappa shape index (κ3) is 4.26. The number of hydrogen-bond donors (Lipinski definition) is 1. The normalized spacial score (nSPS) is 16.1. The van der Waals surface area contributed by atoms with Gasteiger partial charge in [-0.1, -0.05) is 13.0 Å². The van der Waals surface area contributed by atoms with Crippen molar-refractivity contribution < 1.29 is 9.90 Å². The fourth-order valence-corrected chi connectivity index (χ4v) is 2.88. The van der Waals surface area contributed by atoms with Crippen LogP contribution in [-0.2, 0) is 4.79 Å². The van der Waals surface area contributed by atoms with Crippen molar-refractivity contribution >= 4 is 17.3 Å². The highest BCUT2D eigenvalue weighted by Crippen LogP contribution is 2.24. The van der Waals surface area contributed by atoms with Gasteiger partial charge in [0.05, 0.1) is 5.92 Å². The maximum absolute atomic E-state index is 11.1. The second-order valence-corrected chi connectivity index (χ2v) is 6.00. The number of nitrogens with zero attached hydrogens (tertiary/aromatic N) is 2. The van der Waals surface area contributed by atoms with E-state index in [4.69, 9.17) is 5.11 Å². The van der Waals surface area contributed by atoms with E-state index < -0.39 is 11.9 Å². The number of carbonyl (C=O) groups is 1. The van der Waals surface area contributed by atoms with Crippen LogP contribution in [0.3, 0.4) is 0 Å². The van der Waals surface area contributed by atoms with E-state index >= 15 is 0 Å². The fraction of sp³-hybridized carbons (Fsp3) is 0.500. The summed E-state index contributed by atoms with van der Waals surface area (Å²) in [6.07, 6.45) is 5.67. The highest BCUT2D eigenvalue weighted by Gasteiger charge is 2.16. The summed E-state index contributed by atoms with van der Waals surface area (Å²) >= 11 is 0. The summed E-state index contributed by atoms with van der Waals surface area (Å²) in [4.78, 5) is 15.6. The van der Waals surface area contributed by atoms with Gasteiger partial charge in [-0.3, -0.25) is 4.79 Å². The van der Waals surface area contributed by atoms with Crippen LogP contribution in [0.15, 0.2) is 36.9 Å². The average molecular weight is 302 g/mol. The van der Waals surface area contributed by atoms with Gasteiger partial charge in [0, 0.05) is 37.6 Å². The minimum Gasteiger partial charge on any atom is -0.481 e. The van der Waals surface area contributed by atoms with Gasteiger partial charge in [0.1, 0.15) is 0 Å². The molecule has 4 nitrogen and oxygen atoms in total. The zero-order chi connectivity index (χ0) is 15.9. The summed E-state index contributed by atoms with van der Waals surface area (Å²) in [7, 11) is 0. The first-order valence-electron chi connectivity index (χ1n) is 8.05. The highest BCUT2D eigenvalue weighted by molar-refractivity contribution is 5.70. The molecule has 1 unspecified atom stereocenters. The molecule has 4 heteroatoms. The van der Waals surface area contributed by atoms with Gasteiger partial charge in [-0.2, -0.15) is 0 Å². The number of piperidine rings is 1. The third-order valence-corrected chi connectivity index (χ3v) is 4.20. The lowest BCUT2D eigenvalue weighted by molar-refractivity contribution is -0.140. The molecule has 0 aliphatic carbocycles. The van der Waals surface area contributed by atoms with E-state index in [1.54, 1.807) is 6.92 Å². The predicted octanol–water partition coefficient (Wildman–Crippen LogP) is 3.39. The van der Waals surface area contributed by atoms with Gasteiger partial charge >= 0.3 is 5.97 Å². The maximum atomic E-state index is 11.1. The SMILES string of the molecule is C=CCN(CC(C)C(=O)O)c1ccc(N2CCCCC2)cc1. The lowest BCUT2D eigenvalue weighted by atomic mass is 10.1. The second-order valence-electron chi connectivity index (χ2n) is 6.00. The number of rotatable bonds is 7. The lowest BCUT2D eigenvalue weighted by Crippen LogP contribution is -2.32. The Morgan fingerprint density at radius 1 is 1.32 bits per heavy atom. The van der Waals surface area contributed by atoms with Crippen LogP contribution < -0.4 is 9.80 Å². The molecule has 1 N–H and O–H groups in total. The molecular formula is C18H26N2O2. The molecule has 0 aromatic heterocycles. The summed E-state index contributed by atoms with van der Waals surface area (Å²) in [6.45, 7) is 8.91. The Morgan fingerprint density at radius 2 is 1.95 bits per heavy atom. The molecule has 0 spiro atoms. The molecule has 2 rings (SSSR count). The highest BCUT2D eigenvalue weighted by atomic mass is 16.4. The zero-order valence-electron chi connectivity index (χ0n) is 13.4. The number of anilines is 2. The molecule has 1 aliphatic rings. The van der Waals surface area contributed by atoms with Crippen LogP contribution >= 0.6 is 0 Å². The van der Waals surface area contributed by atoms with Crippen molar-refractivity contribution in [3.8, 4) is 0 Å². The summed E-state index contributed by atoms with van der Waals surface area (Å²) < 4.78 is 0. The summed E-state index contributed by atoms with van der Waals surface area (Å²) in [5.74, 6) is -1.17. The molecule has 1 aromatic carbocycles. The topological polar surface area (TPSA) is 43.8 Å². The Kier molecular flexibility index (Phi) is 5.87. The van der Waals surface area contributed by atoms with Crippen LogP contribution in [0, 0.1) is 5.92 Å². The molecule has 1 aliphatic heterocycles. The standard InChI is InChI=1S/C18H26N2O2/c1-3-11-20(14-15(2)18(21)22)17-9-7-16(8-10-17)19-12-5-4-6-13-19/h3,7-10,15H,1,4-6,11-14H2,2H3,(H,21,22). The van der Waals surface area contributed by atoms with Gasteiger partial charge < -0.3 is 14.9 Å². The zero-order valence-corrected chi connectivity index (χ0v) is 13.4. The molecular weight excluding hydrogens is 276 g/mol. The Hall–Kier alpha value is -1.97. The predicted molar refractivity (Wildman–Crippen MR) is 91.7 cm³/mol. The Morgan fingerprint density at radius 3 is 2.50 bits per heavy atom. The first-order valence-corrected chi connectivity index (χ1v) is 8.05.